The Hall–Kier alpha value is -3.13. The fourth-order valence-electron chi connectivity index (χ4n) is 3.48. The fraction of sp³-hybridized carbons (Fsp3) is 0.273. The molecule has 2 aromatic carbocycles. The highest BCUT2D eigenvalue weighted by Crippen LogP contribution is 2.26. The molecule has 0 atom stereocenters. The van der Waals surface area contributed by atoms with E-state index in [1.165, 1.54) is 24.9 Å². The van der Waals surface area contributed by atoms with E-state index in [0.717, 1.165) is 18.8 Å². The van der Waals surface area contributed by atoms with Crippen LogP contribution in [0.2, 0.25) is 0 Å². The number of anilines is 5. The van der Waals surface area contributed by atoms with Crippen LogP contribution in [-0.4, -0.2) is 37.2 Å². The summed E-state index contributed by atoms with van der Waals surface area (Å²) in [6, 6.07) is 16.8. The summed E-state index contributed by atoms with van der Waals surface area (Å²) in [7, 11) is -3.26. The average molecular weight is 424 g/mol. The number of nitrogens with zero attached hydrogens (tertiary/aromatic N) is 3. The molecule has 0 radical (unpaired) electrons. The first-order valence-corrected chi connectivity index (χ1v) is 11.7. The summed E-state index contributed by atoms with van der Waals surface area (Å²) in [5, 5.41) is 6.48. The van der Waals surface area contributed by atoms with Gasteiger partial charge in [-0.15, -0.1) is 0 Å². The molecule has 8 heteroatoms. The van der Waals surface area contributed by atoms with Crippen LogP contribution in [0.5, 0.6) is 0 Å². The molecule has 0 aliphatic carbocycles. The maximum Gasteiger partial charge on any atom is 0.178 e. The Balaban J connectivity index is 1.50. The van der Waals surface area contributed by atoms with Crippen molar-refractivity contribution in [1.82, 2.24) is 9.97 Å². The van der Waals surface area contributed by atoms with Crippen molar-refractivity contribution >= 4 is 38.5 Å². The molecule has 30 heavy (non-hydrogen) atoms. The van der Waals surface area contributed by atoms with Crippen molar-refractivity contribution < 1.29 is 8.42 Å². The highest BCUT2D eigenvalue weighted by atomic mass is 32.2. The van der Waals surface area contributed by atoms with Gasteiger partial charge in [0.2, 0.25) is 0 Å². The van der Waals surface area contributed by atoms with Crippen LogP contribution in [0, 0.1) is 0 Å². The lowest BCUT2D eigenvalue weighted by atomic mass is 10.2. The van der Waals surface area contributed by atoms with Crippen LogP contribution in [0.15, 0.2) is 65.8 Å². The number of sulfone groups is 1. The van der Waals surface area contributed by atoms with E-state index in [-0.39, 0.29) is 5.75 Å². The van der Waals surface area contributed by atoms with Crippen molar-refractivity contribution in [3.63, 3.8) is 0 Å². The minimum Gasteiger partial charge on any atom is -0.371 e. The van der Waals surface area contributed by atoms with Crippen LogP contribution < -0.4 is 15.5 Å². The Morgan fingerprint density at radius 3 is 2.20 bits per heavy atom. The monoisotopic (exact) mass is 423 g/mol. The van der Waals surface area contributed by atoms with Crippen molar-refractivity contribution in [2.75, 3.05) is 34.4 Å². The Labute approximate surface area is 177 Å². The second-order valence-corrected chi connectivity index (χ2v) is 9.49. The van der Waals surface area contributed by atoms with Gasteiger partial charge in [-0.2, -0.15) is 0 Å². The van der Waals surface area contributed by atoms with Crippen LogP contribution in [-0.2, 0) is 9.84 Å². The fourth-order valence-corrected chi connectivity index (χ4v) is 4.41. The van der Waals surface area contributed by atoms with E-state index in [1.54, 1.807) is 31.2 Å². The molecular formula is C22H25N5O2S. The average Bonchev–Trinajstić information content (AvgIpc) is 3.29. The number of aromatic nitrogens is 2. The van der Waals surface area contributed by atoms with Crippen molar-refractivity contribution in [2.24, 2.45) is 0 Å². The maximum atomic E-state index is 12.1. The zero-order chi connectivity index (χ0) is 21.0. The molecule has 0 spiro atoms. The van der Waals surface area contributed by atoms with Gasteiger partial charge < -0.3 is 15.5 Å². The van der Waals surface area contributed by atoms with Gasteiger partial charge in [0.15, 0.2) is 9.84 Å². The molecule has 3 aromatic rings. The number of rotatable bonds is 7. The van der Waals surface area contributed by atoms with Gasteiger partial charge in [-0.1, -0.05) is 19.1 Å². The largest absolute Gasteiger partial charge is 0.371 e. The number of hydrogen-bond donors (Lipinski definition) is 2. The van der Waals surface area contributed by atoms with Crippen LogP contribution in [0.1, 0.15) is 19.8 Å². The molecule has 156 valence electrons. The molecule has 1 saturated heterocycles. The lowest BCUT2D eigenvalue weighted by Crippen LogP contribution is -2.17. The smallest absolute Gasteiger partial charge is 0.178 e. The van der Waals surface area contributed by atoms with Crippen molar-refractivity contribution in [1.29, 1.82) is 0 Å². The summed E-state index contributed by atoms with van der Waals surface area (Å²) in [5.41, 5.74) is 2.82. The second-order valence-electron chi connectivity index (χ2n) is 7.21. The third-order valence-electron chi connectivity index (χ3n) is 5.10. The standard InChI is InChI=1S/C22H25N5O2S/c1-2-30(28,29)20-10-6-8-18(14-20)26-22-15-21(23-16-24-22)25-17-7-5-9-19(13-17)27-11-3-4-12-27/h5-10,13-16H,2-4,11-12H2,1H3,(H2,23,24,25,26). The van der Waals surface area contributed by atoms with Crippen molar-refractivity contribution in [3.05, 3.63) is 60.9 Å². The molecule has 2 N–H and O–H groups in total. The van der Waals surface area contributed by atoms with Crippen molar-refractivity contribution in [2.45, 2.75) is 24.7 Å². The van der Waals surface area contributed by atoms with Crippen LogP contribution >= 0.6 is 0 Å². The summed E-state index contributed by atoms with van der Waals surface area (Å²) in [6.07, 6.45) is 3.94. The Morgan fingerprint density at radius 2 is 1.53 bits per heavy atom. The molecule has 1 aromatic heterocycles. The lowest BCUT2D eigenvalue weighted by Gasteiger charge is -2.18. The number of hydrogen-bond acceptors (Lipinski definition) is 7. The Bertz CT molecular complexity index is 1130. The first-order valence-electron chi connectivity index (χ1n) is 10.1. The topological polar surface area (TPSA) is 87.2 Å². The molecule has 1 aliphatic rings. The van der Waals surface area contributed by atoms with Gasteiger partial charge in [0.1, 0.15) is 18.0 Å². The highest BCUT2D eigenvalue weighted by Gasteiger charge is 2.13. The summed E-state index contributed by atoms with van der Waals surface area (Å²) in [4.78, 5) is 11.2. The molecule has 2 heterocycles. The maximum absolute atomic E-state index is 12.1. The molecule has 1 aliphatic heterocycles. The summed E-state index contributed by atoms with van der Waals surface area (Å²) < 4.78 is 24.2. The third kappa shape index (κ3) is 4.71. The molecule has 0 amide bonds. The Kier molecular flexibility index (Phi) is 5.85. The van der Waals surface area contributed by atoms with Gasteiger partial charge in [0, 0.05) is 36.2 Å². The molecular weight excluding hydrogens is 398 g/mol. The van der Waals surface area contributed by atoms with E-state index in [4.69, 9.17) is 0 Å². The first-order chi connectivity index (χ1) is 14.5. The number of nitrogens with one attached hydrogen (secondary N) is 2. The van der Waals surface area contributed by atoms with Gasteiger partial charge in [0.05, 0.1) is 10.6 Å². The summed E-state index contributed by atoms with van der Waals surface area (Å²) >= 11 is 0. The predicted octanol–water partition coefficient (Wildman–Crippen LogP) is 4.36. The second kappa shape index (κ2) is 8.71. The first kappa shape index (κ1) is 20.2. The Morgan fingerprint density at radius 1 is 0.900 bits per heavy atom. The summed E-state index contributed by atoms with van der Waals surface area (Å²) in [5.74, 6) is 1.30. The third-order valence-corrected chi connectivity index (χ3v) is 6.83. The van der Waals surface area contributed by atoms with Crippen LogP contribution in [0.3, 0.4) is 0 Å². The zero-order valence-corrected chi connectivity index (χ0v) is 17.7. The van der Waals surface area contributed by atoms with E-state index in [2.05, 4.69) is 37.6 Å². The number of benzene rings is 2. The van der Waals surface area contributed by atoms with E-state index >= 15 is 0 Å². The molecule has 7 nitrogen and oxygen atoms in total. The van der Waals surface area contributed by atoms with Crippen LogP contribution in [0.25, 0.3) is 0 Å². The lowest BCUT2D eigenvalue weighted by molar-refractivity contribution is 0.597. The van der Waals surface area contributed by atoms with Gasteiger partial charge in [-0.05, 0) is 49.2 Å². The van der Waals surface area contributed by atoms with Crippen LogP contribution in [0.4, 0.5) is 28.7 Å². The van der Waals surface area contributed by atoms with Gasteiger partial charge in [-0.25, -0.2) is 18.4 Å². The zero-order valence-electron chi connectivity index (χ0n) is 16.9. The quantitative estimate of drug-likeness (QED) is 0.584. The van der Waals surface area contributed by atoms with E-state index in [9.17, 15) is 8.42 Å². The van der Waals surface area contributed by atoms with E-state index in [1.807, 2.05) is 18.2 Å². The minimum atomic E-state index is -3.26. The highest BCUT2D eigenvalue weighted by molar-refractivity contribution is 7.91. The molecule has 0 unspecified atom stereocenters. The van der Waals surface area contributed by atoms with Gasteiger partial charge in [0.25, 0.3) is 0 Å². The van der Waals surface area contributed by atoms with Crippen molar-refractivity contribution in [3.8, 4) is 0 Å². The van der Waals surface area contributed by atoms with Gasteiger partial charge >= 0.3 is 0 Å². The predicted molar refractivity (Wildman–Crippen MR) is 121 cm³/mol. The minimum absolute atomic E-state index is 0.0640. The molecule has 1 fully saturated rings. The summed E-state index contributed by atoms with van der Waals surface area (Å²) in [6.45, 7) is 3.83. The van der Waals surface area contributed by atoms with Gasteiger partial charge in [-0.3, -0.25) is 0 Å². The normalized spacial score (nSPS) is 14.0. The SMILES string of the molecule is CCS(=O)(=O)c1cccc(Nc2cc(Nc3cccc(N4CCCC4)c3)ncn2)c1. The molecule has 4 rings (SSSR count). The molecule has 0 bridgehead atoms. The molecule has 0 saturated carbocycles. The van der Waals surface area contributed by atoms with E-state index < -0.39 is 9.84 Å². The van der Waals surface area contributed by atoms with E-state index in [0.29, 0.717) is 22.2 Å².